The zero-order chi connectivity index (χ0) is 13.8. The summed E-state index contributed by atoms with van der Waals surface area (Å²) < 4.78 is 5.28. The fraction of sp³-hybridized carbons (Fsp3) is 0.824. The Bertz CT molecular complexity index is 423. The molecule has 0 aromatic carbocycles. The number of carbonyl (C=O) groups excluding carboxylic acids is 1. The average molecular weight is 262 g/mol. The monoisotopic (exact) mass is 262 g/mol. The minimum atomic E-state index is -0.155. The Kier molecular flexibility index (Phi) is 3.03. The third-order valence-corrected chi connectivity index (χ3v) is 6.25. The van der Waals surface area contributed by atoms with Crippen molar-refractivity contribution < 1.29 is 9.53 Å². The van der Waals surface area contributed by atoms with Crippen molar-refractivity contribution in [2.24, 2.45) is 35.0 Å². The lowest BCUT2D eigenvalue weighted by Crippen LogP contribution is -2.64. The smallest absolute Gasteiger partial charge is 0.302 e. The summed E-state index contributed by atoms with van der Waals surface area (Å²) in [5.41, 5.74) is 1.91. The Hall–Kier alpha value is -0.790. The van der Waals surface area contributed by atoms with Crippen molar-refractivity contribution >= 4 is 5.97 Å². The molecule has 4 aliphatic carbocycles. The van der Waals surface area contributed by atoms with Crippen LogP contribution in [-0.4, -0.2) is 12.6 Å². The second-order valence-corrected chi connectivity index (χ2v) is 7.41. The Morgan fingerprint density at radius 2 is 2.26 bits per heavy atom. The number of hydrogen-bond acceptors (Lipinski definition) is 2. The standard InChI is InChI=1S/C17H26O2/c1-10(2)13-7-8-17(4)14-6-5-12(9-19-11(3)18)16(17)15(13)14/h5,10,13-16H,6-9H2,1-4H3. The predicted octanol–water partition coefficient (Wildman–Crippen LogP) is 3.81. The second-order valence-electron chi connectivity index (χ2n) is 7.41. The largest absolute Gasteiger partial charge is 0.461 e. The molecule has 5 unspecified atom stereocenters. The highest BCUT2D eigenvalue weighted by atomic mass is 16.5. The molecule has 4 bridgehead atoms. The number of hydrogen-bond donors (Lipinski definition) is 0. The van der Waals surface area contributed by atoms with Crippen LogP contribution in [0.4, 0.5) is 0 Å². The summed E-state index contributed by atoms with van der Waals surface area (Å²) in [7, 11) is 0. The van der Waals surface area contributed by atoms with E-state index in [1.165, 1.54) is 31.8 Å². The summed E-state index contributed by atoms with van der Waals surface area (Å²) in [6.45, 7) is 9.25. The van der Waals surface area contributed by atoms with Crippen LogP contribution in [0, 0.1) is 35.0 Å². The lowest BCUT2D eigenvalue weighted by atomic mass is 9.34. The summed E-state index contributed by atoms with van der Waals surface area (Å²) in [5, 5.41) is 0. The van der Waals surface area contributed by atoms with Gasteiger partial charge in [0.05, 0.1) is 0 Å². The first-order valence-electron chi connectivity index (χ1n) is 7.77. The van der Waals surface area contributed by atoms with Crippen molar-refractivity contribution in [3.8, 4) is 0 Å². The number of fused-ring (bicyclic) bond motifs is 1. The number of esters is 1. The predicted molar refractivity (Wildman–Crippen MR) is 75.5 cm³/mol. The molecule has 5 atom stereocenters. The van der Waals surface area contributed by atoms with Crippen LogP contribution in [0.5, 0.6) is 0 Å². The molecule has 0 amide bonds. The molecule has 0 aliphatic heterocycles. The van der Waals surface area contributed by atoms with Gasteiger partial charge in [-0.15, -0.1) is 0 Å². The van der Waals surface area contributed by atoms with E-state index in [-0.39, 0.29) is 5.97 Å². The first-order valence-corrected chi connectivity index (χ1v) is 7.77. The number of rotatable bonds is 3. The zero-order valence-electron chi connectivity index (χ0n) is 12.6. The van der Waals surface area contributed by atoms with E-state index in [0.717, 1.165) is 23.7 Å². The molecule has 0 aromatic heterocycles. The maximum absolute atomic E-state index is 11.1. The highest BCUT2D eigenvalue weighted by Gasteiger charge is 2.65. The van der Waals surface area contributed by atoms with E-state index >= 15 is 0 Å². The zero-order valence-corrected chi connectivity index (χ0v) is 12.6. The first kappa shape index (κ1) is 13.2. The second kappa shape index (κ2) is 4.36. The molecule has 2 fully saturated rings. The van der Waals surface area contributed by atoms with Gasteiger partial charge in [-0.1, -0.05) is 26.8 Å². The van der Waals surface area contributed by atoms with Crippen LogP contribution >= 0.6 is 0 Å². The number of carbonyl (C=O) groups is 1. The molecule has 106 valence electrons. The van der Waals surface area contributed by atoms with E-state index in [4.69, 9.17) is 4.74 Å². The minimum absolute atomic E-state index is 0.155. The van der Waals surface area contributed by atoms with Gasteiger partial charge in [-0.05, 0) is 59.8 Å². The Balaban J connectivity index is 1.81. The van der Waals surface area contributed by atoms with Crippen LogP contribution < -0.4 is 0 Å². The highest BCUT2D eigenvalue weighted by Crippen LogP contribution is 2.71. The van der Waals surface area contributed by atoms with Crippen LogP contribution in [0.15, 0.2) is 11.6 Å². The normalized spacial score (nSPS) is 43.5. The summed E-state index contributed by atoms with van der Waals surface area (Å²) >= 11 is 0. The van der Waals surface area contributed by atoms with Gasteiger partial charge in [0.25, 0.3) is 0 Å². The fourth-order valence-corrected chi connectivity index (χ4v) is 5.39. The van der Waals surface area contributed by atoms with Gasteiger partial charge >= 0.3 is 5.97 Å². The molecule has 0 spiro atoms. The fourth-order valence-electron chi connectivity index (χ4n) is 5.39. The van der Waals surface area contributed by atoms with E-state index in [1.54, 1.807) is 0 Å². The van der Waals surface area contributed by atoms with Crippen molar-refractivity contribution in [3.63, 3.8) is 0 Å². The Labute approximate surface area is 116 Å². The van der Waals surface area contributed by atoms with E-state index in [2.05, 4.69) is 26.8 Å². The summed E-state index contributed by atoms with van der Waals surface area (Å²) in [6.07, 6.45) is 6.32. The molecule has 4 rings (SSSR count). The van der Waals surface area contributed by atoms with Crippen molar-refractivity contribution in [1.29, 1.82) is 0 Å². The quantitative estimate of drug-likeness (QED) is 0.571. The summed E-state index contributed by atoms with van der Waals surface area (Å²) in [4.78, 5) is 11.1. The molecule has 2 nitrogen and oxygen atoms in total. The van der Waals surface area contributed by atoms with Gasteiger partial charge in [-0.3, -0.25) is 4.79 Å². The lowest BCUT2D eigenvalue weighted by Gasteiger charge is -2.70. The van der Waals surface area contributed by atoms with Gasteiger partial charge in [-0.2, -0.15) is 0 Å². The molecule has 0 heterocycles. The van der Waals surface area contributed by atoms with Crippen LogP contribution in [0.3, 0.4) is 0 Å². The summed E-state index contributed by atoms with van der Waals surface area (Å²) in [5.74, 6) is 3.93. The molecule has 4 aliphatic rings. The molecule has 0 saturated heterocycles. The van der Waals surface area contributed by atoms with Crippen molar-refractivity contribution in [2.45, 2.75) is 47.0 Å². The molecule has 0 N–H and O–H groups in total. The van der Waals surface area contributed by atoms with Crippen molar-refractivity contribution in [1.82, 2.24) is 0 Å². The molecule has 0 aromatic rings. The van der Waals surface area contributed by atoms with E-state index in [1.807, 2.05) is 0 Å². The Morgan fingerprint density at radius 3 is 2.89 bits per heavy atom. The van der Waals surface area contributed by atoms with Crippen LogP contribution in [-0.2, 0) is 9.53 Å². The van der Waals surface area contributed by atoms with E-state index in [9.17, 15) is 4.79 Å². The highest BCUT2D eigenvalue weighted by molar-refractivity contribution is 5.66. The van der Waals surface area contributed by atoms with Crippen molar-refractivity contribution in [2.75, 3.05) is 6.61 Å². The van der Waals surface area contributed by atoms with Crippen LogP contribution in [0.25, 0.3) is 0 Å². The van der Waals surface area contributed by atoms with Gasteiger partial charge in [-0.25, -0.2) is 0 Å². The number of allylic oxidation sites excluding steroid dienone is 1. The molecular weight excluding hydrogens is 236 g/mol. The lowest BCUT2D eigenvalue weighted by molar-refractivity contribution is -0.185. The van der Waals surface area contributed by atoms with Gasteiger partial charge in [0.15, 0.2) is 0 Å². The maximum atomic E-state index is 11.1. The molecule has 2 saturated carbocycles. The molecule has 2 heteroatoms. The Morgan fingerprint density at radius 1 is 1.53 bits per heavy atom. The van der Waals surface area contributed by atoms with Gasteiger partial charge in [0.1, 0.15) is 6.61 Å². The SMILES string of the molecule is CC(=O)OCC1=CCC2C3C(C(C)C)CCC2(C)C13. The molecule has 0 radical (unpaired) electrons. The minimum Gasteiger partial charge on any atom is -0.461 e. The van der Waals surface area contributed by atoms with Gasteiger partial charge < -0.3 is 4.74 Å². The number of ether oxygens (including phenoxy) is 1. The third-order valence-electron chi connectivity index (χ3n) is 6.25. The van der Waals surface area contributed by atoms with Crippen molar-refractivity contribution in [3.05, 3.63) is 11.6 Å². The maximum Gasteiger partial charge on any atom is 0.302 e. The topological polar surface area (TPSA) is 26.3 Å². The first-order chi connectivity index (χ1) is 8.95. The third kappa shape index (κ3) is 1.79. The summed E-state index contributed by atoms with van der Waals surface area (Å²) in [6, 6.07) is 0. The average Bonchev–Trinajstić information content (AvgIpc) is 2.36. The van der Waals surface area contributed by atoms with E-state index < -0.39 is 0 Å². The van der Waals surface area contributed by atoms with Gasteiger partial charge in [0, 0.05) is 6.92 Å². The molecule has 19 heavy (non-hydrogen) atoms. The van der Waals surface area contributed by atoms with Crippen LogP contribution in [0.2, 0.25) is 0 Å². The van der Waals surface area contributed by atoms with Crippen LogP contribution in [0.1, 0.15) is 47.0 Å². The molecular formula is C17H26O2. The van der Waals surface area contributed by atoms with E-state index in [0.29, 0.717) is 17.9 Å². The van der Waals surface area contributed by atoms with Gasteiger partial charge in [0.2, 0.25) is 0 Å².